The molecule has 0 aromatic rings. The smallest absolute Gasteiger partial charge is 0.336 e. The van der Waals surface area contributed by atoms with Crippen molar-refractivity contribution in [3.63, 3.8) is 0 Å². The maximum atomic E-state index is 11.5. The predicted molar refractivity (Wildman–Crippen MR) is 67.4 cm³/mol. The Hall–Kier alpha value is -1.43. The normalized spacial score (nSPS) is 13.6. The Morgan fingerprint density at radius 1 is 0.944 bits per heavy atom. The molecular formula is C12H24O6. The Kier molecular flexibility index (Phi) is 8.61. The van der Waals surface area contributed by atoms with Crippen LogP contribution in [0, 0.1) is 5.41 Å². The van der Waals surface area contributed by atoms with Gasteiger partial charge in [-0.3, -0.25) is 9.59 Å². The third kappa shape index (κ3) is 6.34. The van der Waals surface area contributed by atoms with Gasteiger partial charge in [0.05, 0.1) is 6.42 Å². The van der Waals surface area contributed by atoms with E-state index in [4.69, 9.17) is 10.2 Å². The van der Waals surface area contributed by atoms with Gasteiger partial charge in [-0.2, -0.15) is 0 Å². The number of hydrogen-bond donors (Lipinski definition) is 3. The lowest BCUT2D eigenvalue weighted by Crippen LogP contribution is -2.44. The van der Waals surface area contributed by atoms with E-state index in [-0.39, 0.29) is 14.9 Å². The highest BCUT2D eigenvalue weighted by Crippen LogP contribution is 2.24. The molecule has 0 fully saturated rings. The molecule has 3 N–H and O–H groups in total. The van der Waals surface area contributed by atoms with Crippen molar-refractivity contribution in [2.75, 3.05) is 0 Å². The molecule has 0 saturated carbocycles. The zero-order valence-corrected chi connectivity index (χ0v) is 9.48. The summed E-state index contributed by atoms with van der Waals surface area (Å²) in [6, 6.07) is 0. The molecule has 0 aromatic carbocycles. The summed E-state index contributed by atoms with van der Waals surface area (Å²) in [5.74, 6) is -3.67. The van der Waals surface area contributed by atoms with Gasteiger partial charge in [-0.1, -0.05) is 35.6 Å². The van der Waals surface area contributed by atoms with Gasteiger partial charge in [-0.05, 0) is 0 Å². The van der Waals surface area contributed by atoms with E-state index >= 15 is 0 Å². The molecule has 0 rings (SSSR count). The molecule has 0 amide bonds. The number of aliphatic hydroxyl groups is 1. The van der Waals surface area contributed by atoms with Crippen molar-refractivity contribution in [2.24, 2.45) is 5.41 Å². The quantitative estimate of drug-likeness (QED) is 0.694. The molecule has 0 aliphatic rings. The summed E-state index contributed by atoms with van der Waals surface area (Å²) in [5.41, 5.74) is -3.35. The molecule has 6 nitrogen and oxygen atoms in total. The summed E-state index contributed by atoms with van der Waals surface area (Å²) in [5, 5.41) is 26.8. The van der Waals surface area contributed by atoms with Gasteiger partial charge in [0.15, 0.2) is 5.60 Å². The maximum absolute atomic E-state index is 11.5. The van der Waals surface area contributed by atoms with Crippen molar-refractivity contribution < 1.29 is 29.7 Å². The van der Waals surface area contributed by atoms with Gasteiger partial charge in [0.25, 0.3) is 0 Å². The Balaban J connectivity index is -0.00000112. The molecule has 108 valence electrons. The number of hydrogen-bond acceptors (Lipinski definition) is 4. The first kappa shape index (κ1) is 21.8. The first-order chi connectivity index (χ1) is 6.99. The lowest BCUT2D eigenvalue weighted by Gasteiger charge is -2.25. The van der Waals surface area contributed by atoms with E-state index in [1.54, 1.807) is 20.8 Å². The van der Waals surface area contributed by atoms with Crippen molar-refractivity contribution in [1.82, 2.24) is 0 Å². The van der Waals surface area contributed by atoms with Gasteiger partial charge < -0.3 is 15.3 Å². The number of ketones is 1. The molecule has 6 heteroatoms. The summed E-state index contributed by atoms with van der Waals surface area (Å²) in [4.78, 5) is 32.7. The van der Waals surface area contributed by atoms with Gasteiger partial charge in [-0.25, -0.2) is 4.79 Å². The molecule has 0 aliphatic heterocycles. The number of carboxylic acids is 2. The Bertz CT molecular complexity index is 315. The summed E-state index contributed by atoms with van der Waals surface area (Å²) < 4.78 is 0. The highest BCUT2D eigenvalue weighted by molar-refractivity contribution is 5.92. The number of carbonyl (C=O) groups excluding carboxylic acids is 1. The van der Waals surface area contributed by atoms with Crippen LogP contribution in [0.3, 0.4) is 0 Å². The number of Topliss-reactive ketones (excluding diaryl/α,β-unsaturated/α-hetero) is 1. The number of aliphatic carboxylic acids is 2. The molecule has 0 aromatic heterocycles. The van der Waals surface area contributed by atoms with E-state index in [2.05, 4.69) is 0 Å². The van der Waals surface area contributed by atoms with Crippen LogP contribution in [0.15, 0.2) is 0 Å². The molecule has 18 heavy (non-hydrogen) atoms. The van der Waals surface area contributed by atoms with Crippen LogP contribution in [0.2, 0.25) is 0 Å². The fraction of sp³-hybridized carbons (Fsp3) is 0.750. The van der Waals surface area contributed by atoms with E-state index in [1.807, 2.05) is 0 Å². The second-order valence-corrected chi connectivity index (χ2v) is 4.76. The third-order valence-corrected chi connectivity index (χ3v) is 2.13. The summed E-state index contributed by atoms with van der Waals surface area (Å²) in [7, 11) is 0. The molecule has 0 radical (unpaired) electrons. The van der Waals surface area contributed by atoms with E-state index in [0.717, 1.165) is 0 Å². The Morgan fingerprint density at radius 2 is 1.33 bits per heavy atom. The maximum Gasteiger partial charge on any atom is 0.336 e. The topological polar surface area (TPSA) is 112 Å². The number of carboxylic acid groups (broad SMARTS) is 2. The number of rotatable bonds is 5. The second kappa shape index (κ2) is 7.10. The molecular weight excluding hydrogens is 240 g/mol. The number of carbonyl (C=O) groups is 3. The molecule has 0 saturated heterocycles. The molecule has 0 bridgehead atoms. The highest BCUT2D eigenvalue weighted by Gasteiger charge is 2.42. The lowest BCUT2D eigenvalue weighted by molar-refractivity contribution is -0.168. The molecule has 1 atom stereocenters. The molecule has 0 heterocycles. The first-order valence-corrected chi connectivity index (χ1v) is 4.70. The average Bonchev–Trinajstić information content (AvgIpc) is 1.99. The summed E-state index contributed by atoms with van der Waals surface area (Å²) in [6.45, 7) is 4.70. The lowest BCUT2D eigenvalue weighted by atomic mass is 9.82. The van der Waals surface area contributed by atoms with Gasteiger partial charge >= 0.3 is 11.9 Å². The monoisotopic (exact) mass is 264 g/mol. The standard InChI is InChI=1S/C10H16O6.2CH4/c1-9(2,3)6(11)4-10(16,8(14)15)5-7(12)13;;/h16H,4-5H2,1-3H3,(H,12,13)(H,14,15);2*1H4. The van der Waals surface area contributed by atoms with Gasteiger partial charge in [0.1, 0.15) is 5.78 Å². The zero-order chi connectivity index (χ0) is 13.1. The van der Waals surface area contributed by atoms with Crippen LogP contribution >= 0.6 is 0 Å². The van der Waals surface area contributed by atoms with E-state index in [1.165, 1.54) is 0 Å². The third-order valence-electron chi connectivity index (χ3n) is 2.13. The van der Waals surface area contributed by atoms with Crippen molar-refractivity contribution in [3.8, 4) is 0 Å². The van der Waals surface area contributed by atoms with Crippen molar-refractivity contribution in [3.05, 3.63) is 0 Å². The van der Waals surface area contributed by atoms with E-state index in [0.29, 0.717) is 0 Å². The predicted octanol–water partition coefficient (Wildman–Crippen LogP) is 1.55. The van der Waals surface area contributed by atoms with Crippen LogP contribution < -0.4 is 0 Å². The van der Waals surface area contributed by atoms with Crippen LogP contribution in [-0.2, 0) is 14.4 Å². The molecule has 0 aliphatic carbocycles. The summed E-state index contributed by atoms with van der Waals surface area (Å²) in [6.07, 6.45) is -1.71. The SMILES string of the molecule is C.C.CC(C)(C)C(=O)CC(O)(CC(=O)O)C(=O)O. The van der Waals surface area contributed by atoms with E-state index < -0.39 is 41.6 Å². The molecule has 0 spiro atoms. The van der Waals surface area contributed by atoms with Gasteiger partial charge in [-0.15, -0.1) is 0 Å². The van der Waals surface area contributed by atoms with Crippen molar-refractivity contribution in [2.45, 2.75) is 54.1 Å². The van der Waals surface area contributed by atoms with Crippen molar-refractivity contribution >= 4 is 17.7 Å². The van der Waals surface area contributed by atoms with Gasteiger partial charge in [0, 0.05) is 11.8 Å². The van der Waals surface area contributed by atoms with Crippen LogP contribution in [0.25, 0.3) is 0 Å². The Morgan fingerprint density at radius 3 is 1.56 bits per heavy atom. The van der Waals surface area contributed by atoms with E-state index in [9.17, 15) is 19.5 Å². The average molecular weight is 264 g/mol. The first-order valence-electron chi connectivity index (χ1n) is 4.70. The minimum Gasteiger partial charge on any atom is -0.481 e. The minimum absolute atomic E-state index is 0. The van der Waals surface area contributed by atoms with Gasteiger partial charge in [0.2, 0.25) is 0 Å². The second-order valence-electron chi connectivity index (χ2n) is 4.76. The zero-order valence-electron chi connectivity index (χ0n) is 9.48. The van der Waals surface area contributed by atoms with Crippen LogP contribution in [0.4, 0.5) is 0 Å². The van der Waals surface area contributed by atoms with Crippen LogP contribution in [0.1, 0.15) is 48.5 Å². The highest BCUT2D eigenvalue weighted by atomic mass is 16.4. The van der Waals surface area contributed by atoms with Crippen LogP contribution in [0.5, 0.6) is 0 Å². The fourth-order valence-electron chi connectivity index (χ4n) is 0.995. The van der Waals surface area contributed by atoms with Crippen molar-refractivity contribution in [1.29, 1.82) is 0 Å². The molecule has 1 unspecified atom stereocenters. The Labute approximate surface area is 108 Å². The van der Waals surface area contributed by atoms with Crippen LogP contribution in [-0.4, -0.2) is 38.6 Å². The summed E-state index contributed by atoms with van der Waals surface area (Å²) >= 11 is 0. The fourth-order valence-corrected chi connectivity index (χ4v) is 0.995. The largest absolute Gasteiger partial charge is 0.481 e. The minimum atomic E-state index is -2.53.